The van der Waals surface area contributed by atoms with Gasteiger partial charge in [0, 0.05) is 17.3 Å². The summed E-state index contributed by atoms with van der Waals surface area (Å²) in [7, 11) is 0. The van der Waals surface area contributed by atoms with Crippen LogP contribution in [-0.4, -0.2) is 38.1 Å². The van der Waals surface area contributed by atoms with Gasteiger partial charge in [-0.1, -0.05) is 0 Å². The molecule has 15 heavy (non-hydrogen) atoms. The maximum Gasteiger partial charge on any atom is 0.128 e. The SMILES string of the molecule is Nc1ncc(C(O)C(O)CO)cc1CO. The van der Waals surface area contributed by atoms with Gasteiger partial charge in [0.25, 0.3) is 0 Å². The van der Waals surface area contributed by atoms with Crippen LogP contribution in [0.1, 0.15) is 17.2 Å². The van der Waals surface area contributed by atoms with Gasteiger partial charge in [0.05, 0.1) is 13.2 Å². The van der Waals surface area contributed by atoms with Crippen molar-refractivity contribution < 1.29 is 20.4 Å². The fourth-order valence-corrected chi connectivity index (χ4v) is 1.15. The van der Waals surface area contributed by atoms with E-state index in [-0.39, 0.29) is 12.4 Å². The summed E-state index contributed by atoms with van der Waals surface area (Å²) < 4.78 is 0. The van der Waals surface area contributed by atoms with E-state index in [1.165, 1.54) is 12.3 Å². The monoisotopic (exact) mass is 214 g/mol. The van der Waals surface area contributed by atoms with Crippen LogP contribution < -0.4 is 5.73 Å². The van der Waals surface area contributed by atoms with Gasteiger partial charge >= 0.3 is 0 Å². The molecule has 0 spiro atoms. The lowest BCUT2D eigenvalue weighted by Gasteiger charge is -2.16. The predicted octanol–water partition coefficient (Wildman–Crippen LogP) is -1.46. The van der Waals surface area contributed by atoms with Crippen molar-refractivity contribution in [3.63, 3.8) is 0 Å². The summed E-state index contributed by atoms with van der Waals surface area (Å²) in [6.45, 7) is -0.853. The molecule has 1 heterocycles. The van der Waals surface area contributed by atoms with Crippen molar-refractivity contribution in [3.8, 4) is 0 Å². The van der Waals surface area contributed by atoms with Gasteiger partial charge in [-0.25, -0.2) is 4.98 Å². The van der Waals surface area contributed by atoms with Crippen molar-refractivity contribution in [2.45, 2.75) is 18.8 Å². The first-order valence-electron chi connectivity index (χ1n) is 4.42. The number of nitrogen functional groups attached to an aromatic ring is 1. The van der Waals surface area contributed by atoms with E-state index in [0.29, 0.717) is 11.1 Å². The predicted molar refractivity (Wildman–Crippen MR) is 52.6 cm³/mol. The molecular formula is C9H14N2O4. The summed E-state index contributed by atoms with van der Waals surface area (Å²) in [6, 6.07) is 1.44. The molecular weight excluding hydrogens is 200 g/mol. The molecule has 0 saturated carbocycles. The average molecular weight is 214 g/mol. The van der Waals surface area contributed by atoms with Crippen molar-refractivity contribution in [2.24, 2.45) is 0 Å². The highest BCUT2D eigenvalue weighted by molar-refractivity contribution is 5.41. The smallest absolute Gasteiger partial charge is 0.128 e. The lowest BCUT2D eigenvalue weighted by Crippen LogP contribution is -2.22. The van der Waals surface area contributed by atoms with Crippen molar-refractivity contribution in [1.82, 2.24) is 4.98 Å². The van der Waals surface area contributed by atoms with Crippen molar-refractivity contribution >= 4 is 5.82 Å². The molecule has 0 aliphatic rings. The highest BCUT2D eigenvalue weighted by Crippen LogP contribution is 2.19. The summed E-state index contributed by atoms with van der Waals surface area (Å²) in [5, 5.41) is 36.3. The topological polar surface area (TPSA) is 120 Å². The zero-order chi connectivity index (χ0) is 11.4. The summed E-state index contributed by atoms with van der Waals surface area (Å²) in [5.74, 6) is 0.173. The van der Waals surface area contributed by atoms with E-state index in [9.17, 15) is 10.2 Å². The first-order valence-corrected chi connectivity index (χ1v) is 4.42. The largest absolute Gasteiger partial charge is 0.394 e. The molecule has 1 rings (SSSR count). The number of aliphatic hydroxyl groups excluding tert-OH is 4. The van der Waals surface area contributed by atoms with Crippen LogP contribution in [0.3, 0.4) is 0 Å². The third-order valence-corrected chi connectivity index (χ3v) is 2.09. The van der Waals surface area contributed by atoms with E-state index in [0.717, 1.165) is 0 Å². The Kier molecular flexibility index (Phi) is 3.98. The van der Waals surface area contributed by atoms with E-state index >= 15 is 0 Å². The second-order valence-corrected chi connectivity index (χ2v) is 3.17. The molecule has 0 amide bonds. The van der Waals surface area contributed by atoms with Crippen LogP contribution in [0, 0.1) is 0 Å². The molecule has 0 fully saturated rings. The van der Waals surface area contributed by atoms with E-state index in [2.05, 4.69) is 4.98 Å². The Balaban J connectivity index is 2.95. The summed E-state index contributed by atoms with van der Waals surface area (Å²) in [5.41, 5.74) is 6.12. The molecule has 6 nitrogen and oxygen atoms in total. The van der Waals surface area contributed by atoms with Gasteiger partial charge in [0.1, 0.15) is 18.0 Å². The Labute approximate surface area is 86.6 Å². The molecule has 0 radical (unpaired) electrons. The molecule has 0 aliphatic heterocycles. The third-order valence-electron chi connectivity index (χ3n) is 2.09. The highest BCUT2D eigenvalue weighted by atomic mass is 16.4. The molecule has 0 saturated heterocycles. The minimum atomic E-state index is -1.28. The molecule has 6 N–H and O–H groups in total. The van der Waals surface area contributed by atoms with E-state index in [4.69, 9.17) is 15.9 Å². The number of hydrogen-bond acceptors (Lipinski definition) is 6. The number of nitrogens with two attached hydrogens (primary N) is 1. The first kappa shape index (κ1) is 11.9. The van der Waals surface area contributed by atoms with Gasteiger partial charge in [0.15, 0.2) is 0 Å². The van der Waals surface area contributed by atoms with E-state index in [1.54, 1.807) is 0 Å². The van der Waals surface area contributed by atoms with Gasteiger partial charge in [-0.15, -0.1) is 0 Å². The quantitative estimate of drug-likeness (QED) is 0.418. The second-order valence-electron chi connectivity index (χ2n) is 3.17. The molecule has 1 aromatic rings. The zero-order valence-corrected chi connectivity index (χ0v) is 8.04. The Morgan fingerprint density at radius 2 is 2.00 bits per heavy atom. The standard InChI is InChI=1S/C9H14N2O4/c10-9-6(3-12)1-5(2-11-9)8(15)7(14)4-13/h1-2,7-8,12-15H,3-4H2,(H2,10,11). The summed E-state index contributed by atoms with van der Waals surface area (Å²) >= 11 is 0. The molecule has 0 aliphatic carbocycles. The Morgan fingerprint density at radius 3 is 2.53 bits per heavy atom. The lowest BCUT2D eigenvalue weighted by molar-refractivity contribution is -0.0154. The third kappa shape index (κ3) is 2.63. The normalized spacial score (nSPS) is 14.9. The van der Waals surface area contributed by atoms with Crippen LogP contribution in [0.2, 0.25) is 0 Å². The zero-order valence-electron chi connectivity index (χ0n) is 8.04. The van der Waals surface area contributed by atoms with Crippen LogP contribution in [0.5, 0.6) is 0 Å². The fraction of sp³-hybridized carbons (Fsp3) is 0.444. The minimum absolute atomic E-state index is 0.173. The molecule has 1 aromatic heterocycles. The van der Waals surface area contributed by atoms with Crippen LogP contribution in [-0.2, 0) is 6.61 Å². The maximum absolute atomic E-state index is 9.53. The number of nitrogens with zero attached hydrogens (tertiary/aromatic N) is 1. The van der Waals surface area contributed by atoms with Gasteiger partial charge in [-0.05, 0) is 6.07 Å². The molecule has 0 bridgehead atoms. The second kappa shape index (κ2) is 5.04. The fourth-order valence-electron chi connectivity index (χ4n) is 1.15. The van der Waals surface area contributed by atoms with Gasteiger partial charge in [-0.3, -0.25) is 0 Å². The van der Waals surface area contributed by atoms with Crippen LogP contribution in [0.15, 0.2) is 12.3 Å². The van der Waals surface area contributed by atoms with Crippen LogP contribution in [0.25, 0.3) is 0 Å². The number of aromatic nitrogens is 1. The Bertz CT molecular complexity index is 332. The molecule has 84 valence electrons. The number of aliphatic hydroxyl groups is 4. The average Bonchev–Trinajstić information content (AvgIpc) is 2.27. The molecule has 6 heteroatoms. The molecule has 0 aromatic carbocycles. The first-order chi connectivity index (χ1) is 7.10. The van der Waals surface area contributed by atoms with Crippen molar-refractivity contribution in [3.05, 3.63) is 23.4 Å². The van der Waals surface area contributed by atoms with Crippen LogP contribution >= 0.6 is 0 Å². The molecule has 2 unspecified atom stereocenters. The molecule has 2 atom stereocenters. The van der Waals surface area contributed by atoms with E-state index in [1.807, 2.05) is 0 Å². The number of rotatable bonds is 4. The van der Waals surface area contributed by atoms with Crippen molar-refractivity contribution in [2.75, 3.05) is 12.3 Å². The number of anilines is 1. The van der Waals surface area contributed by atoms with E-state index < -0.39 is 18.8 Å². The lowest BCUT2D eigenvalue weighted by atomic mass is 10.1. The van der Waals surface area contributed by atoms with Gasteiger partial charge < -0.3 is 26.2 Å². The van der Waals surface area contributed by atoms with Gasteiger partial charge in [-0.2, -0.15) is 0 Å². The number of pyridine rings is 1. The number of hydrogen-bond donors (Lipinski definition) is 5. The Hall–Kier alpha value is -1.21. The summed E-state index contributed by atoms with van der Waals surface area (Å²) in [4.78, 5) is 3.75. The highest BCUT2D eigenvalue weighted by Gasteiger charge is 2.18. The Morgan fingerprint density at radius 1 is 1.33 bits per heavy atom. The minimum Gasteiger partial charge on any atom is -0.394 e. The maximum atomic E-state index is 9.53. The van der Waals surface area contributed by atoms with Crippen LogP contribution in [0.4, 0.5) is 5.82 Å². The van der Waals surface area contributed by atoms with Crippen molar-refractivity contribution in [1.29, 1.82) is 0 Å². The van der Waals surface area contributed by atoms with Gasteiger partial charge in [0.2, 0.25) is 0 Å². The summed E-state index contributed by atoms with van der Waals surface area (Å²) in [6.07, 6.45) is -1.23.